The van der Waals surface area contributed by atoms with Crippen LogP contribution in [0.15, 0.2) is 65.7 Å². The highest BCUT2D eigenvalue weighted by atomic mass is 32.1. The Kier molecular flexibility index (Phi) is 16.0. The summed E-state index contributed by atoms with van der Waals surface area (Å²) >= 11 is 1.36. The predicted molar refractivity (Wildman–Crippen MR) is 184 cm³/mol. The molecule has 48 heavy (non-hydrogen) atoms. The molecule has 2 heterocycles. The molecule has 0 bridgehead atoms. The highest BCUT2D eigenvalue weighted by molar-refractivity contribution is 7.07. The van der Waals surface area contributed by atoms with Crippen molar-refractivity contribution in [1.29, 1.82) is 0 Å². The van der Waals surface area contributed by atoms with Crippen molar-refractivity contribution in [3.8, 4) is 0 Å². The van der Waals surface area contributed by atoms with Crippen molar-refractivity contribution in [2.75, 3.05) is 6.54 Å². The van der Waals surface area contributed by atoms with Gasteiger partial charge in [-0.25, -0.2) is 9.78 Å². The van der Waals surface area contributed by atoms with E-state index < -0.39 is 42.1 Å². The summed E-state index contributed by atoms with van der Waals surface area (Å²) in [6, 6.07) is 9.68. The zero-order valence-electron chi connectivity index (χ0n) is 28.1. The number of aliphatic hydroxyl groups excluding tert-OH is 1. The maximum Gasteiger partial charge on any atom is 0.408 e. The van der Waals surface area contributed by atoms with E-state index in [1.54, 1.807) is 35.4 Å². The fraction of sp³-hybridized carbons (Fsp3) is 0.486. The molecular formula is C35H48N6O6S. The van der Waals surface area contributed by atoms with E-state index >= 15 is 0 Å². The van der Waals surface area contributed by atoms with Crippen LogP contribution in [-0.4, -0.2) is 69.7 Å². The third-order valence-electron chi connectivity index (χ3n) is 7.80. The molecule has 0 fully saturated rings. The lowest BCUT2D eigenvalue weighted by molar-refractivity contribution is -0.131. The molecule has 0 saturated heterocycles. The first kappa shape index (κ1) is 38.1. The van der Waals surface area contributed by atoms with Crippen LogP contribution in [0.25, 0.3) is 0 Å². The summed E-state index contributed by atoms with van der Waals surface area (Å²) in [5.41, 5.74) is 3.74. The number of aliphatic hydroxyl groups is 1. The number of carbonyl (C=O) groups is 4. The largest absolute Gasteiger partial charge is 0.445 e. The van der Waals surface area contributed by atoms with Crippen LogP contribution in [0.5, 0.6) is 0 Å². The maximum absolute atomic E-state index is 13.8. The number of nitrogens with one attached hydrogen (secondary N) is 4. The number of amides is 4. The molecule has 0 radical (unpaired) electrons. The third-order valence-corrected chi connectivity index (χ3v) is 8.43. The molecular weight excluding hydrogens is 632 g/mol. The molecule has 5 atom stereocenters. The minimum absolute atomic E-state index is 0.0142. The summed E-state index contributed by atoms with van der Waals surface area (Å²) < 4.78 is 5.38. The third kappa shape index (κ3) is 13.8. The van der Waals surface area contributed by atoms with Gasteiger partial charge in [0.05, 0.1) is 29.8 Å². The number of hydrogen-bond donors (Lipinski definition) is 5. The number of carbonyl (C=O) groups excluding carboxylic acids is 4. The summed E-state index contributed by atoms with van der Waals surface area (Å²) in [5.74, 6) is -1.06. The van der Waals surface area contributed by atoms with Crippen molar-refractivity contribution in [2.45, 2.75) is 90.6 Å². The lowest BCUT2D eigenvalue weighted by Gasteiger charge is -2.29. The number of thiazole rings is 1. The van der Waals surface area contributed by atoms with E-state index in [4.69, 9.17) is 4.74 Å². The van der Waals surface area contributed by atoms with Gasteiger partial charge in [-0.3, -0.25) is 19.4 Å². The van der Waals surface area contributed by atoms with Gasteiger partial charge in [0.25, 0.3) is 0 Å². The van der Waals surface area contributed by atoms with Gasteiger partial charge in [-0.2, -0.15) is 0 Å². The normalized spacial score (nSPS) is 14.2. The number of benzene rings is 1. The molecule has 0 aliphatic heterocycles. The van der Waals surface area contributed by atoms with E-state index in [2.05, 4.69) is 31.2 Å². The molecule has 3 aromatic rings. The van der Waals surface area contributed by atoms with Gasteiger partial charge >= 0.3 is 6.09 Å². The average molecular weight is 681 g/mol. The number of pyridine rings is 1. The molecule has 0 aliphatic carbocycles. The zero-order valence-corrected chi connectivity index (χ0v) is 28.9. The molecule has 2 aromatic heterocycles. The first-order chi connectivity index (χ1) is 23.0. The van der Waals surface area contributed by atoms with Gasteiger partial charge in [0.15, 0.2) is 0 Å². The van der Waals surface area contributed by atoms with E-state index in [0.717, 1.165) is 17.5 Å². The topological polar surface area (TPSA) is 172 Å². The minimum atomic E-state index is -1.15. The number of nitrogens with zero attached hydrogens (tertiary/aromatic N) is 2. The Morgan fingerprint density at radius 3 is 2.23 bits per heavy atom. The Labute approximate surface area is 286 Å². The molecule has 12 nitrogen and oxygen atoms in total. The van der Waals surface area contributed by atoms with Crippen molar-refractivity contribution in [2.24, 2.45) is 11.8 Å². The number of ether oxygens (including phenoxy) is 1. The molecule has 3 rings (SSSR count). The Bertz CT molecular complexity index is 1410. The van der Waals surface area contributed by atoms with Gasteiger partial charge in [0.1, 0.15) is 18.7 Å². The number of alkyl carbamates (subject to hydrolysis) is 1. The van der Waals surface area contributed by atoms with Crippen molar-refractivity contribution in [1.82, 2.24) is 31.2 Å². The second-order valence-electron chi connectivity index (χ2n) is 12.4. The molecule has 0 saturated carbocycles. The predicted octanol–water partition coefficient (Wildman–Crippen LogP) is 3.55. The van der Waals surface area contributed by atoms with Crippen LogP contribution in [0.2, 0.25) is 0 Å². The van der Waals surface area contributed by atoms with Gasteiger partial charge in [0, 0.05) is 37.2 Å². The van der Waals surface area contributed by atoms with Gasteiger partial charge in [0.2, 0.25) is 17.7 Å². The quantitative estimate of drug-likeness (QED) is 0.128. The maximum atomic E-state index is 13.8. The molecule has 5 N–H and O–H groups in total. The molecule has 260 valence electrons. The second kappa shape index (κ2) is 20.1. The Morgan fingerprint density at radius 2 is 1.58 bits per heavy atom. The molecule has 4 amide bonds. The van der Waals surface area contributed by atoms with Crippen LogP contribution in [0.1, 0.15) is 63.8 Å². The molecule has 1 aromatic carbocycles. The van der Waals surface area contributed by atoms with E-state index in [9.17, 15) is 24.3 Å². The van der Waals surface area contributed by atoms with Gasteiger partial charge in [-0.15, -0.1) is 11.3 Å². The summed E-state index contributed by atoms with van der Waals surface area (Å²) in [7, 11) is 0. The molecule has 2 unspecified atom stereocenters. The standard InChI is InChI=1S/C35H48N6O6S/c1-5-24(4)19-37-32(43)18-31(42)28(15-23(2)3)39-34(45)30(17-27-21-48-22-38-27)40-33(44)29(16-25-11-13-36-14-12-25)41-35(46)47-20-26-9-7-6-8-10-26/h6-14,21-24,28-31,42H,5,15-20H2,1-4H3,(H,37,43)(H,39,45)(H,40,44)(H,41,46)/t24?,28-,29-,30?,31-/m0/s1. The fourth-order valence-electron chi connectivity index (χ4n) is 4.84. The summed E-state index contributed by atoms with van der Waals surface area (Å²) in [6.45, 7) is 8.49. The van der Waals surface area contributed by atoms with Crippen LogP contribution in [0.3, 0.4) is 0 Å². The summed E-state index contributed by atoms with van der Waals surface area (Å²) in [6.07, 6.45) is 2.55. The highest BCUT2D eigenvalue weighted by Gasteiger charge is 2.31. The van der Waals surface area contributed by atoms with Crippen molar-refractivity contribution in [3.63, 3.8) is 0 Å². The van der Waals surface area contributed by atoms with Crippen molar-refractivity contribution in [3.05, 3.63) is 82.6 Å². The average Bonchev–Trinajstić information content (AvgIpc) is 3.59. The number of rotatable bonds is 19. The Balaban J connectivity index is 1.76. The zero-order chi connectivity index (χ0) is 34.9. The monoisotopic (exact) mass is 680 g/mol. The smallest absolute Gasteiger partial charge is 0.408 e. The SMILES string of the molecule is CCC(C)CNC(=O)C[C@H](O)[C@H](CC(C)C)NC(=O)C(Cc1cscn1)NC(=O)[C@H](Cc1ccncc1)NC(=O)OCc1ccccc1. The van der Waals surface area contributed by atoms with E-state index in [1.807, 2.05) is 58.0 Å². The van der Waals surface area contributed by atoms with Crippen LogP contribution in [0, 0.1) is 11.8 Å². The van der Waals surface area contributed by atoms with Crippen LogP contribution >= 0.6 is 11.3 Å². The summed E-state index contributed by atoms with van der Waals surface area (Å²) in [5, 5.41) is 24.0. The first-order valence-electron chi connectivity index (χ1n) is 16.3. The van der Waals surface area contributed by atoms with E-state index in [-0.39, 0.29) is 37.7 Å². The van der Waals surface area contributed by atoms with Crippen LogP contribution < -0.4 is 21.3 Å². The Hall–Kier alpha value is -4.36. The van der Waals surface area contributed by atoms with Gasteiger partial charge in [-0.05, 0) is 41.5 Å². The fourth-order valence-corrected chi connectivity index (χ4v) is 5.41. The van der Waals surface area contributed by atoms with Crippen LogP contribution in [-0.2, 0) is 38.6 Å². The minimum Gasteiger partial charge on any atom is -0.445 e. The Morgan fingerprint density at radius 1 is 0.896 bits per heavy atom. The number of hydrogen-bond acceptors (Lipinski definition) is 9. The van der Waals surface area contributed by atoms with E-state index in [1.165, 1.54) is 11.3 Å². The second-order valence-corrected chi connectivity index (χ2v) is 13.1. The molecule has 0 aliphatic rings. The lowest BCUT2D eigenvalue weighted by atomic mass is 9.96. The van der Waals surface area contributed by atoms with Crippen LogP contribution in [0.4, 0.5) is 4.79 Å². The first-order valence-corrected chi connectivity index (χ1v) is 17.3. The lowest BCUT2D eigenvalue weighted by Crippen LogP contribution is -2.57. The van der Waals surface area contributed by atoms with Gasteiger partial charge < -0.3 is 31.1 Å². The molecule has 0 spiro atoms. The number of aromatic nitrogens is 2. The highest BCUT2D eigenvalue weighted by Crippen LogP contribution is 2.14. The van der Waals surface area contributed by atoms with Gasteiger partial charge in [-0.1, -0.05) is 64.4 Å². The van der Waals surface area contributed by atoms with Crippen molar-refractivity contribution < 1.29 is 29.0 Å². The summed E-state index contributed by atoms with van der Waals surface area (Å²) in [4.78, 5) is 61.4. The van der Waals surface area contributed by atoms with E-state index in [0.29, 0.717) is 24.6 Å². The van der Waals surface area contributed by atoms with Crippen molar-refractivity contribution >= 4 is 35.2 Å². The molecule has 13 heteroatoms.